The zero-order valence-corrected chi connectivity index (χ0v) is 20.4. The second-order valence-electron chi connectivity index (χ2n) is 7.79. The largest absolute Gasteiger partial charge is 0.457 e. The number of ether oxygens (including phenoxy) is 1. The molecule has 2 aromatic carbocycles. The summed E-state index contributed by atoms with van der Waals surface area (Å²) < 4.78 is 9.02. The van der Waals surface area contributed by atoms with Crippen molar-refractivity contribution in [2.45, 2.75) is 6.54 Å². The number of nitrogens with one attached hydrogen (secondary N) is 2. The summed E-state index contributed by atoms with van der Waals surface area (Å²) in [5.74, 6) is 1.56. The smallest absolute Gasteiger partial charge is 0.270 e. The van der Waals surface area contributed by atoms with Crippen LogP contribution in [0.2, 0.25) is 0 Å². The van der Waals surface area contributed by atoms with E-state index in [1.165, 1.54) is 0 Å². The summed E-state index contributed by atoms with van der Waals surface area (Å²) in [6.07, 6.45) is 4.93. The number of anilines is 2. The molecule has 0 bridgehead atoms. The van der Waals surface area contributed by atoms with Gasteiger partial charge in [-0.05, 0) is 60.2 Å². The lowest BCUT2D eigenvalue weighted by atomic mass is 10.2. The van der Waals surface area contributed by atoms with Crippen molar-refractivity contribution in [2.24, 2.45) is 7.05 Å². The fourth-order valence-electron chi connectivity index (χ4n) is 3.53. The van der Waals surface area contributed by atoms with Gasteiger partial charge in [0.1, 0.15) is 17.2 Å². The highest BCUT2D eigenvalue weighted by molar-refractivity contribution is 9.10. The molecule has 0 saturated carbocycles. The number of fused-ring (bicyclic) bond motifs is 1. The standard InChI is InChI=1S/C26H21BrN6O2/c1-33-24-7-6-20(14-22(24)32-26(33)31-19-4-2-18(27)3-5-19)35-21-10-13-29-23(15-21)25(34)30-16-17-8-11-28-12-9-17/h2-15H,16H2,1H3,(H,30,34)(H,31,32). The summed E-state index contributed by atoms with van der Waals surface area (Å²) in [5, 5.41) is 6.19. The second kappa shape index (κ2) is 9.94. The van der Waals surface area contributed by atoms with Gasteiger partial charge < -0.3 is 19.9 Å². The van der Waals surface area contributed by atoms with Crippen molar-refractivity contribution < 1.29 is 9.53 Å². The molecule has 8 nitrogen and oxygen atoms in total. The number of halogens is 1. The van der Waals surface area contributed by atoms with Crippen LogP contribution in [-0.4, -0.2) is 25.4 Å². The van der Waals surface area contributed by atoms with Gasteiger partial charge in [0.15, 0.2) is 0 Å². The first-order valence-corrected chi connectivity index (χ1v) is 11.6. The highest BCUT2D eigenvalue weighted by Gasteiger charge is 2.12. The predicted molar refractivity (Wildman–Crippen MR) is 138 cm³/mol. The molecule has 2 N–H and O–H groups in total. The Morgan fingerprint density at radius 1 is 0.971 bits per heavy atom. The molecule has 0 aliphatic carbocycles. The van der Waals surface area contributed by atoms with E-state index in [9.17, 15) is 4.79 Å². The lowest BCUT2D eigenvalue weighted by Crippen LogP contribution is -2.23. The fraction of sp³-hybridized carbons (Fsp3) is 0.0769. The number of hydrogen-bond donors (Lipinski definition) is 2. The lowest BCUT2D eigenvalue weighted by molar-refractivity contribution is 0.0945. The van der Waals surface area contributed by atoms with E-state index >= 15 is 0 Å². The molecule has 0 aliphatic heterocycles. The average Bonchev–Trinajstić information content (AvgIpc) is 3.19. The van der Waals surface area contributed by atoms with Gasteiger partial charge in [0, 0.05) is 54.5 Å². The maximum atomic E-state index is 12.5. The number of amides is 1. The number of carbonyl (C=O) groups is 1. The van der Waals surface area contributed by atoms with E-state index in [4.69, 9.17) is 9.72 Å². The molecule has 0 atom stereocenters. The van der Waals surface area contributed by atoms with E-state index in [1.54, 1.807) is 30.7 Å². The van der Waals surface area contributed by atoms with Crippen molar-refractivity contribution in [1.82, 2.24) is 24.8 Å². The summed E-state index contributed by atoms with van der Waals surface area (Å²) >= 11 is 3.45. The molecule has 5 aromatic rings. The normalized spacial score (nSPS) is 10.8. The van der Waals surface area contributed by atoms with Crippen LogP contribution in [0.1, 0.15) is 16.1 Å². The number of aromatic nitrogens is 4. The van der Waals surface area contributed by atoms with Crippen molar-refractivity contribution in [2.75, 3.05) is 5.32 Å². The monoisotopic (exact) mass is 528 g/mol. The predicted octanol–water partition coefficient (Wildman–Crippen LogP) is 5.59. The zero-order valence-electron chi connectivity index (χ0n) is 18.8. The summed E-state index contributed by atoms with van der Waals surface area (Å²) in [6.45, 7) is 0.390. The molecule has 3 heterocycles. The Kier molecular flexibility index (Phi) is 6.40. The third kappa shape index (κ3) is 5.30. The summed E-state index contributed by atoms with van der Waals surface area (Å²) in [4.78, 5) is 25.4. The minimum absolute atomic E-state index is 0.274. The van der Waals surface area contributed by atoms with E-state index in [0.29, 0.717) is 18.0 Å². The third-order valence-electron chi connectivity index (χ3n) is 5.35. The fourth-order valence-corrected chi connectivity index (χ4v) is 3.79. The molecule has 9 heteroatoms. The van der Waals surface area contributed by atoms with Crippen LogP contribution in [-0.2, 0) is 13.6 Å². The van der Waals surface area contributed by atoms with Gasteiger partial charge in [-0.25, -0.2) is 4.98 Å². The van der Waals surface area contributed by atoms with E-state index in [0.717, 1.165) is 32.7 Å². The number of carbonyl (C=O) groups excluding carboxylic acids is 1. The van der Waals surface area contributed by atoms with E-state index in [1.807, 2.05) is 66.2 Å². The van der Waals surface area contributed by atoms with Gasteiger partial charge in [-0.3, -0.25) is 14.8 Å². The number of imidazole rings is 1. The molecule has 174 valence electrons. The van der Waals surface area contributed by atoms with Crippen molar-refractivity contribution in [3.63, 3.8) is 0 Å². The molecule has 0 aliphatic rings. The Labute approximate surface area is 210 Å². The maximum absolute atomic E-state index is 12.5. The molecule has 0 spiro atoms. The number of pyridine rings is 2. The third-order valence-corrected chi connectivity index (χ3v) is 5.88. The molecular weight excluding hydrogens is 508 g/mol. The number of hydrogen-bond acceptors (Lipinski definition) is 6. The first-order valence-electron chi connectivity index (χ1n) is 10.9. The van der Waals surface area contributed by atoms with Gasteiger partial charge in [0.05, 0.1) is 11.0 Å². The van der Waals surface area contributed by atoms with Crippen molar-refractivity contribution >= 4 is 44.5 Å². The van der Waals surface area contributed by atoms with Crippen LogP contribution >= 0.6 is 15.9 Å². The molecule has 0 unspecified atom stereocenters. The molecule has 0 radical (unpaired) electrons. The number of rotatable bonds is 7. The minimum atomic E-state index is -0.281. The molecule has 0 saturated heterocycles. The van der Waals surface area contributed by atoms with Gasteiger partial charge in [-0.15, -0.1) is 0 Å². The van der Waals surface area contributed by atoms with Crippen LogP contribution in [0.15, 0.2) is 89.8 Å². The van der Waals surface area contributed by atoms with E-state index in [-0.39, 0.29) is 11.6 Å². The molecule has 3 aromatic heterocycles. The highest BCUT2D eigenvalue weighted by Crippen LogP contribution is 2.28. The highest BCUT2D eigenvalue weighted by atomic mass is 79.9. The van der Waals surface area contributed by atoms with Crippen molar-refractivity contribution in [3.05, 3.63) is 101 Å². The van der Waals surface area contributed by atoms with E-state index < -0.39 is 0 Å². The number of aryl methyl sites for hydroxylation is 1. The van der Waals surface area contributed by atoms with Gasteiger partial charge in [-0.2, -0.15) is 0 Å². The second-order valence-corrected chi connectivity index (χ2v) is 8.71. The summed E-state index contributed by atoms with van der Waals surface area (Å²) in [5.41, 5.74) is 3.92. The first kappa shape index (κ1) is 22.5. The van der Waals surface area contributed by atoms with Crippen molar-refractivity contribution in [3.8, 4) is 11.5 Å². The van der Waals surface area contributed by atoms with Crippen molar-refractivity contribution in [1.29, 1.82) is 0 Å². The molecule has 35 heavy (non-hydrogen) atoms. The van der Waals surface area contributed by atoms with Gasteiger partial charge in [-0.1, -0.05) is 15.9 Å². The Hall–Kier alpha value is -4.24. The molecule has 1 amide bonds. The SMILES string of the molecule is Cn1c(Nc2ccc(Br)cc2)nc2cc(Oc3ccnc(C(=O)NCc4ccncc4)c3)ccc21. The first-order chi connectivity index (χ1) is 17.0. The quantitative estimate of drug-likeness (QED) is 0.286. The number of nitrogens with zero attached hydrogens (tertiary/aromatic N) is 4. The molecule has 5 rings (SSSR count). The van der Waals surface area contributed by atoms with Crippen LogP contribution in [0.3, 0.4) is 0 Å². The van der Waals surface area contributed by atoms with Crippen LogP contribution in [0, 0.1) is 0 Å². The van der Waals surface area contributed by atoms with Gasteiger partial charge >= 0.3 is 0 Å². The summed E-state index contributed by atoms with van der Waals surface area (Å²) in [7, 11) is 1.96. The van der Waals surface area contributed by atoms with Crippen LogP contribution in [0.5, 0.6) is 11.5 Å². The minimum Gasteiger partial charge on any atom is -0.457 e. The van der Waals surface area contributed by atoms with Crippen LogP contribution in [0.25, 0.3) is 11.0 Å². The Morgan fingerprint density at radius 3 is 2.54 bits per heavy atom. The average molecular weight is 529 g/mol. The van der Waals surface area contributed by atoms with E-state index in [2.05, 4.69) is 36.5 Å². The molecular formula is C26H21BrN6O2. The lowest BCUT2D eigenvalue weighted by Gasteiger charge is -2.08. The molecule has 0 fully saturated rings. The van der Waals surface area contributed by atoms with Crippen LogP contribution in [0.4, 0.5) is 11.6 Å². The van der Waals surface area contributed by atoms with Crippen LogP contribution < -0.4 is 15.4 Å². The maximum Gasteiger partial charge on any atom is 0.270 e. The zero-order chi connectivity index (χ0) is 24.2. The summed E-state index contributed by atoms with van der Waals surface area (Å²) in [6, 6.07) is 20.6. The Balaban J connectivity index is 1.30. The number of benzene rings is 2. The van der Waals surface area contributed by atoms with Gasteiger partial charge in [0.2, 0.25) is 5.95 Å². The Morgan fingerprint density at radius 2 is 1.74 bits per heavy atom. The topological polar surface area (TPSA) is 94.0 Å². The Bertz CT molecular complexity index is 1490. The van der Waals surface area contributed by atoms with Gasteiger partial charge in [0.25, 0.3) is 5.91 Å².